The summed E-state index contributed by atoms with van der Waals surface area (Å²) in [6.07, 6.45) is 1.41. The van der Waals surface area contributed by atoms with Gasteiger partial charge in [0.25, 0.3) is 0 Å². The second-order valence-corrected chi connectivity index (χ2v) is 4.47. The van der Waals surface area contributed by atoms with E-state index >= 15 is 0 Å². The van der Waals surface area contributed by atoms with Crippen LogP contribution in [0.15, 0.2) is 24.3 Å². The van der Waals surface area contributed by atoms with Gasteiger partial charge >= 0.3 is 0 Å². The Morgan fingerprint density at radius 3 is 2.53 bits per heavy atom. The standard InChI is InChI=1S/C14H16N2O/c1-2-11-3-5-12(6-4-11)9-16-10-13(8-15)7-14(16)17/h3-6,13H,2,7,9-10H2,1H3. The van der Waals surface area contributed by atoms with Crippen LogP contribution in [-0.4, -0.2) is 17.4 Å². The summed E-state index contributed by atoms with van der Waals surface area (Å²) in [4.78, 5) is 13.4. The van der Waals surface area contributed by atoms with E-state index in [0.29, 0.717) is 19.5 Å². The molecule has 2 rings (SSSR count). The Balaban J connectivity index is 2.01. The van der Waals surface area contributed by atoms with Crippen molar-refractivity contribution in [3.05, 3.63) is 35.4 Å². The second-order valence-electron chi connectivity index (χ2n) is 4.47. The first-order valence-electron chi connectivity index (χ1n) is 5.98. The maximum absolute atomic E-state index is 11.6. The molecule has 0 aromatic heterocycles. The molecule has 1 heterocycles. The third-order valence-corrected chi connectivity index (χ3v) is 3.20. The minimum absolute atomic E-state index is 0.0936. The predicted octanol–water partition coefficient (Wildman–Crippen LogP) is 2.12. The maximum Gasteiger partial charge on any atom is 0.224 e. The molecule has 1 aliphatic heterocycles. The average Bonchev–Trinajstić information content (AvgIpc) is 2.71. The third kappa shape index (κ3) is 2.65. The van der Waals surface area contributed by atoms with Crippen LogP contribution in [0.1, 0.15) is 24.5 Å². The fourth-order valence-corrected chi connectivity index (χ4v) is 2.11. The van der Waals surface area contributed by atoms with Gasteiger partial charge in [0, 0.05) is 19.5 Å². The van der Waals surface area contributed by atoms with Crippen LogP contribution in [0.5, 0.6) is 0 Å². The normalized spacial score (nSPS) is 19.4. The number of aryl methyl sites for hydroxylation is 1. The fraction of sp³-hybridized carbons (Fsp3) is 0.429. The Hall–Kier alpha value is -1.82. The first-order valence-corrected chi connectivity index (χ1v) is 5.98. The zero-order valence-electron chi connectivity index (χ0n) is 10.0. The summed E-state index contributed by atoms with van der Waals surface area (Å²) in [6.45, 7) is 3.32. The van der Waals surface area contributed by atoms with Gasteiger partial charge in [-0.1, -0.05) is 31.2 Å². The molecule has 0 bridgehead atoms. The van der Waals surface area contributed by atoms with Crippen molar-refractivity contribution in [1.82, 2.24) is 4.90 Å². The van der Waals surface area contributed by atoms with Crippen molar-refractivity contribution in [3.63, 3.8) is 0 Å². The van der Waals surface area contributed by atoms with Gasteiger partial charge in [-0.05, 0) is 17.5 Å². The molecule has 88 valence electrons. The Kier molecular flexibility index (Phi) is 3.43. The van der Waals surface area contributed by atoms with Crippen molar-refractivity contribution >= 4 is 5.91 Å². The third-order valence-electron chi connectivity index (χ3n) is 3.20. The minimum atomic E-state index is -0.127. The summed E-state index contributed by atoms with van der Waals surface area (Å²) in [7, 11) is 0. The lowest BCUT2D eigenvalue weighted by Gasteiger charge is -2.15. The molecular formula is C14H16N2O. The van der Waals surface area contributed by atoms with E-state index < -0.39 is 0 Å². The Bertz CT molecular complexity index is 444. The van der Waals surface area contributed by atoms with E-state index in [2.05, 4.69) is 37.3 Å². The summed E-state index contributed by atoms with van der Waals surface area (Å²) in [5, 5.41) is 8.81. The highest BCUT2D eigenvalue weighted by atomic mass is 16.2. The van der Waals surface area contributed by atoms with Crippen molar-refractivity contribution in [2.75, 3.05) is 6.54 Å². The molecule has 1 aromatic carbocycles. The number of rotatable bonds is 3. The highest BCUT2D eigenvalue weighted by Gasteiger charge is 2.29. The number of hydrogen-bond acceptors (Lipinski definition) is 2. The molecule has 0 N–H and O–H groups in total. The first-order chi connectivity index (χ1) is 8.22. The molecule has 0 spiro atoms. The lowest BCUT2D eigenvalue weighted by Crippen LogP contribution is -2.24. The highest BCUT2D eigenvalue weighted by Crippen LogP contribution is 2.19. The fourth-order valence-electron chi connectivity index (χ4n) is 2.11. The number of carbonyl (C=O) groups is 1. The molecule has 1 aliphatic rings. The number of amides is 1. The maximum atomic E-state index is 11.6. The van der Waals surface area contributed by atoms with Gasteiger partial charge in [0.05, 0.1) is 12.0 Å². The van der Waals surface area contributed by atoms with Crippen molar-refractivity contribution in [1.29, 1.82) is 5.26 Å². The first kappa shape index (κ1) is 11.7. The van der Waals surface area contributed by atoms with E-state index in [1.807, 2.05) is 0 Å². The summed E-state index contributed by atoms with van der Waals surface area (Å²) in [5.74, 6) is -0.0338. The van der Waals surface area contributed by atoms with Gasteiger partial charge in [0.2, 0.25) is 5.91 Å². The smallest absolute Gasteiger partial charge is 0.224 e. The van der Waals surface area contributed by atoms with E-state index in [4.69, 9.17) is 5.26 Å². The van der Waals surface area contributed by atoms with Crippen LogP contribution in [0.3, 0.4) is 0 Å². The Morgan fingerprint density at radius 1 is 1.35 bits per heavy atom. The molecule has 0 aliphatic carbocycles. The zero-order chi connectivity index (χ0) is 12.3. The van der Waals surface area contributed by atoms with Crippen LogP contribution < -0.4 is 0 Å². The van der Waals surface area contributed by atoms with E-state index in [-0.39, 0.29) is 11.8 Å². The number of carbonyl (C=O) groups excluding carboxylic acids is 1. The van der Waals surface area contributed by atoms with Gasteiger partial charge in [-0.2, -0.15) is 5.26 Å². The lowest BCUT2D eigenvalue weighted by molar-refractivity contribution is -0.128. The van der Waals surface area contributed by atoms with Crippen LogP contribution >= 0.6 is 0 Å². The molecule has 3 heteroatoms. The van der Waals surface area contributed by atoms with Crippen LogP contribution in [0.4, 0.5) is 0 Å². The summed E-state index contributed by atoms with van der Waals surface area (Å²) < 4.78 is 0. The summed E-state index contributed by atoms with van der Waals surface area (Å²) in [5.41, 5.74) is 2.44. The van der Waals surface area contributed by atoms with E-state index in [0.717, 1.165) is 12.0 Å². The van der Waals surface area contributed by atoms with Gasteiger partial charge in [-0.3, -0.25) is 4.79 Å². The highest BCUT2D eigenvalue weighted by molar-refractivity contribution is 5.79. The molecule has 1 fully saturated rings. The SMILES string of the molecule is CCc1ccc(CN2CC(C#N)CC2=O)cc1. The Morgan fingerprint density at radius 2 is 2.00 bits per heavy atom. The number of nitrogens with zero attached hydrogens (tertiary/aromatic N) is 2. The van der Waals surface area contributed by atoms with Gasteiger partial charge in [0.15, 0.2) is 0 Å². The van der Waals surface area contributed by atoms with Crippen molar-refractivity contribution in [2.45, 2.75) is 26.3 Å². The van der Waals surface area contributed by atoms with Crippen molar-refractivity contribution in [2.24, 2.45) is 5.92 Å². The predicted molar refractivity (Wildman–Crippen MR) is 65.0 cm³/mol. The molecule has 1 amide bonds. The number of hydrogen-bond donors (Lipinski definition) is 0. The van der Waals surface area contributed by atoms with Crippen LogP contribution in [0, 0.1) is 17.2 Å². The molecule has 17 heavy (non-hydrogen) atoms. The minimum Gasteiger partial charge on any atom is -0.337 e. The second kappa shape index (κ2) is 5.01. The molecule has 0 saturated carbocycles. The molecule has 1 atom stereocenters. The largest absolute Gasteiger partial charge is 0.337 e. The van der Waals surface area contributed by atoms with E-state index in [9.17, 15) is 4.79 Å². The summed E-state index contributed by atoms with van der Waals surface area (Å²) in [6, 6.07) is 10.5. The van der Waals surface area contributed by atoms with Gasteiger partial charge < -0.3 is 4.90 Å². The molecule has 0 radical (unpaired) electrons. The van der Waals surface area contributed by atoms with E-state index in [1.54, 1.807) is 4.90 Å². The van der Waals surface area contributed by atoms with Crippen LogP contribution in [-0.2, 0) is 17.8 Å². The number of nitriles is 1. The number of likely N-dealkylation sites (tertiary alicyclic amines) is 1. The summed E-state index contributed by atoms with van der Waals surface area (Å²) >= 11 is 0. The molecule has 1 unspecified atom stereocenters. The monoisotopic (exact) mass is 228 g/mol. The van der Waals surface area contributed by atoms with Crippen molar-refractivity contribution < 1.29 is 4.79 Å². The lowest BCUT2D eigenvalue weighted by atomic mass is 10.1. The van der Waals surface area contributed by atoms with Gasteiger partial charge in [-0.25, -0.2) is 0 Å². The van der Waals surface area contributed by atoms with Crippen LogP contribution in [0.2, 0.25) is 0 Å². The molecule has 3 nitrogen and oxygen atoms in total. The zero-order valence-corrected chi connectivity index (χ0v) is 10.0. The molecule has 1 aromatic rings. The molecular weight excluding hydrogens is 212 g/mol. The van der Waals surface area contributed by atoms with Gasteiger partial charge in [-0.15, -0.1) is 0 Å². The molecule has 1 saturated heterocycles. The quantitative estimate of drug-likeness (QED) is 0.795. The topological polar surface area (TPSA) is 44.1 Å². The average molecular weight is 228 g/mol. The van der Waals surface area contributed by atoms with E-state index in [1.165, 1.54) is 5.56 Å². The van der Waals surface area contributed by atoms with Crippen molar-refractivity contribution in [3.8, 4) is 6.07 Å². The Labute approximate surface area is 102 Å². The van der Waals surface area contributed by atoms with Gasteiger partial charge in [0.1, 0.15) is 0 Å². The number of benzene rings is 1. The van der Waals surface area contributed by atoms with Crippen LogP contribution in [0.25, 0.3) is 0 Å².